The number of rotatable bonds is 5. The van der Waals surface area contributed by atoms with Gasteiger partial charge >= 0.3 is 0 Å². The summed E-state index contributed by atoms with van der Waals surface area (Å²) in [5, 5.41) is 0. The molecule has 7 nitrogen and oxygen atoms in total. The fourth-order valence-electron chi connectivity index (χ4n) is 2.69. The van der Waals surface area contributed by atoms with Crippen molar-refractivity contribution in [2.45, 2.75) is 18.9 Å². The van der Waals surface area contributed by atoms with Crippen LogP contribution in [0.3, 0.4) is 0 Å². The largest absolute Gasteiger partial charge is 0.488 e. The summed E-state index contributed by atoms with van der Waals surface area (Å²) in [5.41, 5.74) is 5.38. The SMILES string of the molecule is NC(=O)c1cc(OC2CCCN(C(=O)/C=C/c3ccco3)C2)ccn1. The van der Waals surface area contributed by atoms with Gasteiger partial charge in [-0.1, -0.05) is 0 Å². The molecule has 2 N–H and O–H groups in total. The van der Waals surface area contributed by atoms with Crippen LogP contribution in [0.25, 0.3) is 6.08 Å². The number of aromatic nitrogens is 1. The van der Waals surface area contributed by atoms with E-state index in [1.54, 1.807) is 35.4 Å². The average molecular weight is 341 g/mol. The van der Waals surface area contributed by atoms with E-state index in [-0.39, 0.29) is 17.7 Å². The van der Waals surface area contributed by atoms with Gasteiger partial charge < -0.3 is 19.8 Å². The Morgan fingerprint density at radius 2 is 2.28 bits per heavy atom. The lowest BCUT2D eigenvalue weighted by Crippen LogP contribution is -2.43. The van der Waals surface area contributed by atoms with Crippen LogP contribution < -0.4 is 10.5 Å². The lowest BCUT2D eigenvalue weighted by atomic mass is 10.1. The number of likely N-dealkylation sites (tertiary alicyclic amines) is 1. The molecule has 1 unspecified atom stereocenters. The van der Waals surface area contributed by atoms with Gasteiger partial charge in [0.15, 0.2) is 0 Å². The smallest absolute Gasteiger partial charge is 0.267 e. The van der Waals surface area contributed by atoms with Gasteiger partial charge in [0.05, 0.1) is 12.8 Å². The Kier molecular flexibility index (Phi) is 5.13. The zero-order valence-electron chi connectivity index (χ0n) is 13.6. The fourth-order valence-corrected chi connectivity index (χ4v) is 2.69. The van der Waals surface area contributed by atoms with Crippen LogP contribution in [0.2, 0.25) is 0 Å². The molecular formula is C18H19N3O4. The number of primary amides is 1. The van der Waals surface area contributed by atoms with Crippen LogP contribution in [0.15, 0.2) is 47.2 Å². The van der Waals surface area contributed by atoms with Crippen LogP contribution in [0.4, 0.5) is 0 Å². The Morgan fingerprint density at radius 1 is 1.40 bits per heavy atom. The molecular weight excluding hydrogens is 322 g/mol. The zero-order valence-corrected chi connectivity index (χ0v) is 13.6. The van der Waals surface area contributed by atoms with Gasteiger partial charge in [0, 0.05) is 24.9 Å². The number of hydrogen-bond acceptors (Lipinski definition) is 5. The van der Waals surface area contributed by atoms with Gasteiger partial charge in [0.2, 0.25) is 5.91 Å². The van der Waals surface area contributed by atoms with Gasteiger partial charge in [-0.2, -0.15) is 0 Å². The lowest BCUT2D eigenvalue weighted by Gasteiger charge is -2.32. The van der Waals surface area contributed by atoms with Crippen molar-refractivity contribution in [2.75, 3.05) is 13.1 Å². The van der Waals surface area contributed by atoms with Crippen LogP contribution in [0.5, 0.6) is 5.75 Å². The highest BCUT2D eigenvalue weighted by molar-refractivity contribution is 5.91. The summed E-state index contributed by atoms with van der Waals surface area (Å²) in [6, 6.07) is 6.74. The number of nitrogens with zero attached hydrogens (tertiary/aromatic N) is 2. The molecule has 0 bridgehead atoms. The van der Waals surface area contributed by atoms with Crippen molar-refractivity contribution in [1.29, 1.82) is 0 Å². The topological polar surface area (TPSA) is 98.7 Å². The van der Waals surface area contributed by atoms with Crippen molar-refractivity contribution in [2.24, 2.45) is 5.73 Å². The molecule has 3 heterocycles. The van der Waals surface area contributed by atoms with Crippen molar-refractivity contribution in [3.63, 3.8) is 0 Å². The van der Waals surface area contributed by atoms with Crippen LogP contribution >= 0.6 is 0 Å². The molecule has 0 aliphatic carbocycles. The predicted octanol–water partition coefficient (Wildman–Crippen LogP) is 1.86. The Morgan fingerprint density at radius 3 is 3.04 bits per heavy atom. The predicted molar refractivity (Wildman–Crippen MR) is 90.7 cm³/mol. The van der Waals surface area contributed by atoms with Gasteiger partial charge in [-0.15, -0.1) is 0 Å². The van der Waals surface area contributed by atoms with E-state index in [4.69, 9.17) is 14.9 Å². The summed E-state index contributed by atoms with van der Waals surface area (Å²) < 4.78 is 11.1. The third-order valence-electron chi connectivity index (χ3n) is 3.91. The van der Waals surface area contributed by atoms with E-state index in [0.29, 0.717) is 24.6 Å². The minimum atomic E-state index is -0.603. The molecule has 1 atom stereocenters. The van der Waals surface area contributed by atoms with E-state index in [0.717, 1.165) is 12.8 Å². The maximum atomic E-state index is 12.3. The van der Waals surface area contributed by atoms with Crippen molar-refractivity contribution < 1.29 is 18.7 Å². The Balaban J connectivity index is 1.60. The normalized spacial score (nSPS) is 17.6. The van der Waals surface area contributed by atoms with E-state index in [2.05, 4.69) is 4.98 Å². The van der Waals surface area contributed by atoms with Gasteiger partial charge in [-0.25, -0.2) is 0 Å². The summed E-state index contributed by atoms with van der Waals surface area (Å²) in [7, 11) is 0. The monoisotopic (exact) mass is 341 g/mol. The van der Waals surface area contributed by atoms with E-state index < -0.39 is 5.91 Å². The Labute approximate surface area is 145 Å². The number of nitrogens with two attached hydrogens (primary N) is 1. The standard InChI is InChI=1S/C18H19N3O4/c19-18(23)16-11-14(7-8-20-16)25-15-3-1-9-21(12-15)17(22)6-5-13-4-2-10-24-13/h2,4-8,10-11,15H,1,3,9,12H2,(H2,19,23)/b6-5+. The van der Waals surface area contributed by atoms with E-state index >= 15 is 0 Å². The minimum absolute atomic E-state index is 0.0859. The van der Waals surface area contributed by atoms with Gasteiger partial charge in [-0.3, -0.25) is 14.6 Å². The zero-order chi connectivity index (χ0) is 17.6. The highest BCUT2D eigenvalue weighted by Gasteiger charge is 2.24. The number of furan rings is 1. The van der Waals surface area contributed by atoms with E-state index in [9.17, 15) is 9.59 Å². The van der Waals surface area contributed by atoms with Crippen molar-refractivity contribution in [3.05, 3.63) is 54.3 Å². The molecule has 1 fully saturated rings. The highest BCUT2D eigenvalue weighted by Crippen LogP contribution is 2.19. The third kappa shape index (κ3) is 4.47. The molecule has 0 aromatic carbocycles. The highest BCUT2D eigenvalue weighted by atomic mass is 16.5. The van der Waals surface area contributed by atoms with Gasteiger partial charge in [0.1, 0.15) is 23.3 Å². The van der Waals surface area contributed by atoms with Crippen molar-refractivity contribution >= 4 is 17.9 Å². The number of carbonyl (C=O) groups is 2. The second-order valence-corrected chi connectivity index (χ2v) is 5.76. The summed E-state index contributed by atoms with van der Waals surface area (Å²) >= 11 is 0. The Hall–Kier alpha value is -3.09. The minimum Gasteiger partial charge on any atom is -0.488 e. The number of piperidine rings is 1. The number of hydrogen-bond donors (Lipinski definition) is 1. The number of pyridine rings is 1. The molecule has 1 saturated heterocycles. The van der Waals surface area contributed by atoms with Crippen LogP contribution in [0.1, 0.15) is 29.1 Å². The molecule has 1 aliphatic heterocycles. The average Bonchev–Trinajstić information content (AvgIpc) is 3.13. The first kappa shape index (κ1) is 16.8. The molecule has 130 valence electrons. The maximum absolute atomic E-state index is 12.3. The molecule has 2 amide bonds. The van der Waals surface area contributed by atoms with Crippen LogP contribution in [-0.2, 0) is 4.79 Å². The van der Waals surface area contributed by atoms with Gasteiger partial charge in [0.25, 0.3) is 5.91 Å². The first-order chi connectivity index (χ1) is 12.1. The molecule has 0 spiro atoms. The second kappa shape index (κ2) is 7.65. The first-order valence-corrected chi connectivity index (χ1v) is 8.05. The number of ether oxygens (including phenoxy) is 1. The lowest BCUT2D eigenvalue weighted by molar-refractivity contribution is -0.128. The molecule has 25 heavy (non-hydrogen) atoms. The second-order valence-electron chi connectivity index (χ2n) is 5.76. The van der Waals surface area contributed by atoms with Gasteiger partial charge in [-0.05, 0) is 37.1 Å². The van der Waals surface area contributed by atoms with Crippen molar-refractivity contribution in [3.8, 4) is 5.75 Å². The summed E-state index contributed by atoms with van der Waals surface area (Å²) in [6.45, 7) is 1.17. The molecule has 1 aliphatic rings. The summed E-state index contributed by atoms with van der Waals surface area (Å²) in [5.74, 6) is 0.467. The van der Waals surface area contributed by atoms with E-state index in [1.165, 1.54) is 18.3 Å². The molecule has 7 heteroatoms. The van der Waals surface area contributed by atoms with E-state index in [1.807, 2.05) is 0 Å². The number of carbonyl (C=O) groups excluding carboxylic acids is 2. The maximum Gasteiger partial charge on any atom is 0.267 e. The fraction of sp³-hybridized carbons (Fsp3) is 0.278. The van der Waals surface area contributed by atoms with Crippen LogP contribution in [0, 0.1) is 0 Å². The first-order valence-electron chi connectivity index (χ1n) is 8.05. The quantitative estimate of drug-likeness (QED) is 0.837. The summed E-state index contributed by atoms with van der Waals surface area (Å²) in [6.07, 6.45) is 7.72. The number of amides is 2. The summed E-state index contributed by atoms with van der Waals surface area (Å²) in [4.78, 5) is 29.1. The molecule has 2 aromatic heterocycles. The molecule has 0 saturated carbocycles. The third-order valence-corrected chi connectivity index (χ3v) is 3.91. The van der Waals surface area contributed by atoms with Crippen LogP contribution in [-0.4, -0.2) is 40.9 Å². The molecule has 2 aromatic rings. The molecule has 3 rings (SSSR count). The molecule has 0 radical (unpaired) electrons. The van der Waals surface area contributed by atoms with Crippen molar-refractivity contribution in [1.82, 2.24) is 9.88 Å². The Bertz CT molecular complexity index is 770.